The van der Waals surface area contributed by atoms with E-state index in [4.69, 9.17) is 4.74 Å². The van der Waals surface area contributed by atoms with Crippen molar-refractivity contribution in [3.63, 3.8) is 0 Å². The average Bonchev–Trinajstić information content (AvgIpc) is 2.66. The van der Waals surface area contributed by atoms with Gasteiger partial charge < -0.3 is 10.1 Å². The third kappa shape index (κ3) is 4.62. The molecule has 2 rings (SSSR count). The van der Waals surface area contributed by atoms with Crippen LogP contribution in [0, 0.1) is 0 Å². The van der Waals surface area contributed by atoms with Gasteiger partial charge in [-0.1, -0.05) is 32.0 Å². The summed E-state index contributed by atoms with van der Waals surface area (Å²) in [6.45, 7) is 4.18. The molecule has 26 heavy (non-hydrogen) atoms. The topological polar surface area (TPSA) is 84.5 Å². The van der Waals surface area contributed by atoms with Gasteiger partial charge in [0.2, 0.25) is 10.0 Å². The lowest BCUT2D eigenvalue weighted by molar-refractivity contribution is 0.102. The molecule has 1 amide bonds. The van der Waals surface area contributed by atoms with Gasteiger partial charge in [-0.05, 0) is 42.7 Å². The van der Waals surface area contributed by atoms with Crippen LogP contribution in [0.5, 0.6) is 5.75 Å². The molecule has 2 N–H and O–H groups in total. The number of carbonyl (C=O) groups excluding carboxylic acids is 1. The van der Waals surface area contributed by atoms with E-state index in [0.29, 0.717) is 18.7 Å². The zero-order chi connectivity index (χ0) is 19.2. The van der Waals surface area contributed by atoms with Crippen molar-refractivity contribution in [3.8, 4) is 5.75 Å². The SMILES string of the molecule is CCCNS(=O)(=O)c1cc(C(=O)Nc2ccccc2CC)ccc1OC. The molecule has 0 aliphatic heterocycles. The van der Waals surface area contributed by atoms with Crippen molar-refractivity contribution in [1.29, 1.82) is 0 Å². The minimum Gasteiger partial charge on any atom is -0.495 e. The Morgan fingerprint density at radius 2 is 1.85 bits per heavy atom. The lowest BCUT2D eigenvalue weighted by Gasteiger charge is -2.13. The number of aryl methyl sites for hydroxylation is 1. The lowest BCUT2D eigenvalue weighted by Crippen LogP contribution is -2.25. The van der Waals surface area contributed by atoms with Gasteiger partial charge in [0.25, 0.3) is 5.91 Å². The van der Waals surface area contributed by atoms with Crippen LogP contribution in [-0.2, 0) is 16.4 Å². The van der Waals surface area contributed by atoms with E-state index in [1.165, 1.54) is 19.2 Å². The van der Waals surface area contributed by atoms with Gasteiger partial charge in [0.15, 0.2) is 0 Å². The number of hydrogen-bond acceptors (Lipinski definition) is 4. The van der Waals surface area contributed by atoms with Gasteiger partial charge in [0.1, 0.15) is 10.6 Å². The molecular weight excluding hydrogens is 352 g/mol. The van der Waals surface area contributed by atoms with Crippen LogP contribution in [0.2, 0.25) is 0 Å². The molecule has 0 unspecified atom stereocenters. The van der Waals surface area contributed by atoms with E-state index in [2.05, 4.69) is 10.0 Å². The minimum atomic E-state index is -3.76. The molecule has 0 aliphatic carbocycles. The van der Waals surface area contributed by atoms with Crippen molar-refractivity contribution >= 4 is 21.6 Å². The van der Waals surface area contributed by atoms with E-state index in [1.807, 2.05) is 38.1 Å². The van der Waals surface area contributed by atoms with Crippen LogP contribution in [0.25, 0.3) is 0 Å². The Morgan fingerprint density at radius 1 is 1.12 bits per heavy atom. The van der Waals surface area contributed by atoms with Crippen LogP contribution in [-0.4, -0.2) is 28.0 Å². The Hall–Kier alpha value is -2.38. The molecular formula is C19H24N2O4S. The molecule has 140 valence electrons. The normalized spacial score (nSPS) is 11.2. The molecule has 2 aromatic rings. The van der Waals surface area contributed by atoms with Crippen molar-refractivity contribution in [2.24, 2.45) is 0 Å². The van der Waals surface area contributed by atoms with Crippen molar-refractivity contribution in [1.82, 2.24) is 4.72 Å². The second-order valence-corrected chi connectivity index (χ2v) is 7.46. The molecule has 7 heteroatoms. The third-order valence-corrected chi connectivity index (χ3v) is 5.39. The molecule has 0 aliphatic rings. The van der Waals surface area contributed by atoms with Crippen molar-refractivity contribution in [2.45, 2.75) is 31.6 Å². The van der Waals surface area contributed by atoms with Gasteiger partial charge in [-0.25, -0.2) is 13.1 Å². The first-order valence-corrected chi connectivity index (χ1v) is 9.98. The largest absolute Gasteiger partial charge is 0.495 e. The molecule has 0 saturated carbocycles. The summed E-state index contributed by atoms with van der Waals surface area (Å²) in [7, 11) is -2.37. The van der Waals surface area contributed by atoms with Gasteiger partial charge in [0, 0.05) is 17.8 Å². The number of methoxy groups -OCH3 is 1. The Bertz CT molecular complexity index is 879. The molecule has 2 aromatic carbocycles. The van der Waals surface area contributed by atoms with Gasteiger partial charge in [-0.15, -0.1) is 0 Å². The first-order chi connectivity index (χ1) is 12.4. The minimum absolute atomic E-state index is 0.0510. The van der Waals surface area contributed by atoms with Gasteiger partial charge in [-0.3, -0.25) is 4.79 Å². The van der Waals surface area contributed by atoms with Crippen LogP contribution in [0.15, 0.2) is 47.4 Å². The van der Waals surface area contributed by atoms with Crippen LogP contribution in [0.3, 0.4) is 0 Å². The molecule has 0 atom stereocenters. The predicted octanol–water partition coefficient (Wildman–Crippen LogP) is 3.20. The molecule has 0 bridgehead atoms. The third-order valence-electron chi connectivity index (χ3n) is 3.90. The number of sulfonamides is 1. The fourth-order valence-electron chi connectivity index (χ4n) is 2.49. The first-order valence-electron chi connectivity index (χ1n) is 8.49. The van der Waals surface area contributed by atoms with Gasteiger partial charge in [0.05, 0.1) is 7.11 Å². The number of para-hydroxylation sites is 1. The van der Waals surface area contributed by atoms with Crippen LogP contribution >= 0.6 is 0 Å². The highest BCUT2D eigenvalue weighted by Crippen LogP contribution is 2.25. The van der Waals surface area contributed by atoms with E-state index >= 15 is 0 Å². The first kappa shape index (κ1) is 19.9. The summed E-state index contributed by atoms with van der Waals surface area (Å²) in [6.07, 6.45) is 1.44. The highest BCUT2D eigenvalue weighted by molar-refractivity contribution is 7.89. The predicted molar refractivity (Wildman–Crippen MR) is 102 cm³/mol. The molecule has 0 fully saturated rings. The maximum Gasteiger partial charge on any atom is 0.255 e. The smallest absolute Gasteiger partial charge is 0.255 e. The summed E-state index contributed by atoms with van der Waals surface area (Å²) in [4.78, 5) is 12.6. The van der Waals surface area contributed by atoms with Crippen LogP contribution < -0.4 is 14.8 Å². The number of carbonyl (C=O) groups is 1. The van der Waals surface area contributed by atoms with E-state index in [1.54, 1.807) is 6.07 Å². The quantitative estimate of drug-likeness (QED) is 0.741. The second-order valence-electron chi connectivity index (χ2n) is 5.73. The lowest BCUT2D eigenvalue weighted by atomic mass is 10.1. The molecule has 0 heterocycles. The average molecular weight is 376 g/mol. The Kier molecular flexibility index (Phi) is 6.76. The van der Waals surface area contributed by atoms with E-state index in [9.17, 15) is 13.2 Å². The molecule has 0 aromatic heterocycles. The summed E-state index contributed by atoms with van der Waals surface area (Å²) < 4.78 is 32.6. The second kappa shape index (κ2) is 8.82. The maximum atomic E-state index is 12.6. The van der Waals surface area contributed by atoms with Gasteiger partial charge >= 0.3 is 0 Å². The number of anilines is 1. The summed E-state index contributed by atoms with van der Waals surface area (Å²) in [6, 6.07) is 11.9. The van der Waals surface area contributed by atoms with Crippen molar-refractivity contribution < 1.29 is 17.9 Å². The molecule has 0 saturated heterocycles. The zero-order valence-electron chi connectivity index (χ0n) is 15.2. The molecule has 6 nitrogen and oxygen atoms in total. The fourth-order valence-corrected chi connectivity index (χ4v) is 3.81. The number of benzene rings is 2. The number of amides is 1. The summed E-state index contributed by atoms with van der Waals surface area (Å²) in [5.41, 5.74) is 1.96. The summed E-state index contributed by atoms with van der Waals surface area (Å²) in [5.74, 6) is -0.181. The zero-order valence-corrected chi connectivity index (χ0v) is 16.0. The molecule has 0 spiro atoms. The standard InChI is InChI=1S/C19H24N2O4S/c1-4-12-20-26(23,24)18-13-15(10-11-17(18)25-3)19(22)21-16-9-7-6-8-14(16)5-2/h6-11,13,20H,4-5,12H2,1-3H3,(H,21,22). The highest BCUT2D eigenvalue weighted by atomic mass is 32.2. The van der Waals surface area contributed by atoms with E-state index in [-0.39, 0.29) is 22.1 Å². The number of ether oxygens (including phenoxy) is 1. The van der Waals surface area contributed by atoms with Crippen LogP contribution in [0.4, 0.5) is 5.69 Å². The van der Waals surface area contributed by atoms with Crippen molar-refractivity contribution in [2.75, 3.05) is 19.0 Å². The van der Waals surface area contributed by atoms with Crippen LogP contribution in [0.1, 0.15) is 36.2 Å². The Labute approximate surface area is 154 Å². The van der Waals surface area contributed by atoms with Gasteiger partial charge in [-0.2, -0.15) is 0 Å². The van der Waals surface area contributed by atoms with Crippen molar-refractivity contribution in [3.05, 3.63) is 53.6 Å². The monoisotopic (exact) mass is 376 g/mol. The van der Waals surface area contributed by atoms with E-state index < -0.39 is 10.0 Å². The van der Waals surface area contributed by atoms with E-state index in [0.717, 1.165) is 12.0 Å². The number of nitrogens with one attached hydrogen (secondary N) is 2. The highest BCUT2D eigenvalue weighted by Gasteiger charge is 2.21. The number of hydrogen-bond donors (Lipinski definition) is 2. The maximum absolute atomic E-state index is 12.6. The number of rotatable bonds is 8. The Balaban J connectivity index is 2.35. The molecule has 0 radical (unpaired) electrons. The summed E-state index contributed by atoms with van der Waals surface area (Å²) >= 11 is 0. The fraction of sp³-hybridized carbons (Fsp3) is 0.316. The Morgan fingerprint density at radius 3 is 2.50 bits per heavy atom. The summed E-state index contributed by atoms with van der Waals surface area (Å²) in [5, 5.41) is 2.84.